The van der Waals surface area contributed by atoms with Gasteiger partial charge in [0.15, 0.2) is 0 Å². The van der Waals surface area contributed by atoms with Crippen molar-refractivity contribution in [3.8, 4) is 5.88 Å². The Balaban J connectivity index is 2.10. The molecule has 19 heavy (non-hydrogen) atoms. The van der Waals surface area contributed by atoms with Crippen molar-refractivity contribution in [1.82, 2.24) is 9.88 Å². The van der Waals surface area contributed by atoms with Crippen molar-refractivity contribution in [3.63, 3.8) is 0 Å². The molecule has 0 unspecified atom stereocenters. The molecule has 1 aliphatic rings. The fraction of sp³-hybridized carbons (Fsp3) is 0.417. The average molecular weight is 264 g/mol. The highest BCUT2D eigenvalue weighted by molar-refractivity contribution is 5.97. The molecule has 3 amide bonds. The number of carbonyl (C=O) groups is 2. The van der Waals surface area contributed by atoms with Gasteiger partial charge in [0, 0.05) is 13.1 Å². The Morgan fingerprint density at radius 2 is 2.21 bits per heavy atom. The number of anilines is 1. The molecule has 102 valence electrons. The van der Waals surface area contributed by atoms with Crippen LogP contribution in [0.15, 0.2) is 12.3 Å². The summed E-state index contributed by atoms with van der Waals surface area (Å²) in [6.45, 7) is 3.54. The van der Waals surface area contributed by atoms with Gasteiger partial charge in [0.05, 0.1) is 19.0 Å². The fourth-order valence-electron chi connectivity index (χ4n) is 1.93. The van der Waals surface area contributed by atoms with Gasteiger partial charge >= 0.3 is 6.03 Å². The lowest BCUT2D eigenvalue weighted by Gasteiger charge is -2.36. The van der Waals surface area contributed by atoms with Gasteiger partial charge in [-0.3, -0.25) is 4.79 Å². The number of aromatic nitrogens is 1. The summed E-state index contributed by atoms with van der Waals surface area (Å²) in [5, 5.41) is 2.67. The summed E-state index contributed by atoms with van der Waals surface area (Å²) in [5.41, 5.74) is 5.78. The molecule has 3 N–H and O–H groups in total. The molecule has 1 fully saturated rings. The fourth-order valence-corrected chi connectivity index (χ4v) is 1.93. The summed E-state index contributed by atoms with van der Waals surface area (Å²) in [6.07, 6.45) is 1.42. The van der Waals surface area contributed by atoms with Crippen molar-refractivity contribution < 1.29 is 14.3 Å². The zero-order chi connectivity index (χ0) is 14.0. The van der Waals surface area contributed by atoms with E-state index in [9.17, 15) is 9.59 Å². The molecular formula is C12H16N4O3. The second-order valence-electron chi connectivity index (χ2n) is 4.59. The number of urea groups is 1. The van der Waals surface area contributed by atoms with Gasteiger partial charge in [0.2, 0.25) is 5.88 Å². The molecule has 2 heterocycles. The number of rotatable bonds is 3. The van der Waals surface area contributed by atoms with Crippen LogP contribution in [0.2, 0.25) is 0 Å². The number of nitrogens with one attached hydrogen (secondary N) is 1. The van der Waals surface area contributed by atoms with E-state index in [-0.39, 0.29) is 17.5 Å². The van der Waals surface area contributed by atoms with Gasteiger partial charge in [0.25, 0.3) is 5.91 Å². The van der Waals surface area contributed by atoms with E-state index in [1.54, 1.807) is 4.90 Å². The van der Waals surface area contributed by atoms with E-state index in [1.165, 1.54) is 19.4 Å². The minimum Gasteiger partial charge on any atom is -0.480 e. The van der Waals surface area contributed by atoms with Crippen LogP contribution in [0.25, 0.3) is 0 Å². The molecule has 7 heteroatoms. The molecule has 1 aromatic heterocycles. The normalized spacial score (nSPS) is 14.7. The van der Waals surface area contributed by atoms with Crippen LogP contribution in [0.3, 0.4) is 0 Å². The smallest absolute Gasteiger partial charge is 0.321 e. The largest absolute Gasteiger partial charge is 0.480 e. The summed E-state index contributed by atoms with van der Waals surface area (Å²) in [5.74, 6) is 0.0158. The molecule has 2 rings (SSSR count). The van der Waals surface area contributed by atoms with Gasteiger partial charge in [-0.2, -0.15) is 0 Å². The molecule has 0 atom stereocenters. The maximum Gasteiger partial charge on any atom is 0.321 e. The van der Waals surface area contributed by atoms with Gasteiger partial charge < -0.3 is 20.7 Å². The van der Waals surface area contributed by atoms with E-state index < -0.39 is 5.91 Å². The molecule has 1 aromatic rings. The highest BCUT2D eigenvalue weighted by Crippen LogP contribution is 2.20. The van der Waals surface area contributed by atoms with Gasteiger partial charge in [-0.1, -0.05) is 6.92 Å². The van der Waals surface area contributed by atoms with Gasteiger partial charge in [-0.15, -0.1) is 0 Å². The summed E-state index contributed by atoms with van der Waals surface area (Å²) in [4.78, 5) is 28.7. The molecule has 0 saturated carbocycles. The zero-order valence-electron chi connectivity index (χ0n) is 10.8. The molecule has 0 spiro atoms. The van der Waals surface area contributed by atoms with Crippen LogP contribution >= 0.6 is 0 Å². The van der Waals surface area contributed by atoms with E-state index in [0.29, 0.717) is 11.6 Å². The van der Waals surface area contributed by atoms with Crippen LogP contribution in [0.1, 0.15) is 17.3 Å². The Labute approximate surface area is 110 Å². The molecule has 1 aliphatic heterocycles. The third-order valence-corrected chi connectivity index (χ3v) is 2.91. The molecular weight excluding hydrogens is 248 g/mol. The minimum absolute atomic E-state index is 0.136. The number of amides is 3. The number of pyridine rings is 1. The lowest BCUT2D eigenvalue weighted by molar-refractivity contribution is 0.0996. The first-order chi connectivity index (χ1) is 9.01. The van der Waals surface area contributed by atoms with Gasteiger partial charge in [0.1, 0.15) is 5.56 Å². The number of methoxy groups -OCH3 is 1. The van der Waals surface area contributed by atoms with Crippen LogP contribution in [0, 0.1) is 5.92 Å². The number of nitrogens with zero attached hydrogens (tertiary/aromatic N) is 2. The number of likely N-dealkylation sites (tertiary alicyclic amines) is 1. The van der Waals surface area contributed by atoms with E-state index in [2.05, 4.69) is 17.2 Å². The number of nitrogens with two attached hydrogens (primary N) is 1. The molecule has 0 radical (unpaired) electrons. The Morgan fingerprint density at radius 1 is 1.53 bits per heavy atom. The Bertz CT molecular complexity index is 512. The summed E-state index contributed by atoms with van der Waals surface area (Å²) >= 11 is 0. The van der Waals surface area contributed by atoms with Crippen molar-refractivity contribution in [2.75, 3.05) is 25.5 Å². The van der Waals surface area contributed by atoms with Crippen LogP contribution < -0.4 is 15.8 Å². The topological polar surface area (TPSA) is 97.6 Å². The monoisotopic (exact) mass is 264 g/mol. The highest BCUT2D eigenvalue weighted by Gasteiger charge is 2.27. The SMILES string of the molecule is COc1ncc(NC(=O)N2CC(C)C2)cc1C(N)=O. The number of carbonyl (C=O) groups excluding carboxylic acids is 2. The molecule has 1 saturated heterocycles. The first-order valence-electron chi connectivity index (χ1n) is 5.91. The van der Waals surface area contributed by atoms with Crippen molar-refractivity contribution in [2.24, 2.45) is 11.7 Å². The van der Waals surface area contributed by atoms with Crippen molar-refractivity contribution in [2.45, 2.75) is 6.92 Å². The van der Waals surface area contributed by atoms with E-state index in [4.69, 9.17) is 10.5 Å². The predicted octanol–water partition coefficient (Wildman–Crippen LogP) is 0.673. The minimum atomic E-state index is -0.655. The van der Waals surface area contributed by atoms with Gasteiger partial charge in [-0.25, -0.2) is 9.78 Å². The van der Waals surface area contributed by atoms with Crippen molar-refractivity contribution >= 4 is 17.6 Å². The van der Waals surface area contributed by atoms with E-state index in [1.807, 2.05) is 0 Å². The van der Waals surface area contributed by atoms with E-state index in [0.717, 1.165) is 13.1 Å². The third-order valence-electron chi connectivity index (χ3n) is 2.91. The Morgan fingerprint density at radius 3 is 2.74 bits per heavy atom. The number of primary amides is 1. The summed E-state index contributed by atoms with van der Waals surface area (Å²) in [6, 6.07) is 1.25. The Hall–Kier alpha value is -2.31. The first kappa shape index (κ1) is 13.1. The maximum absolute atomic E-state index is 11.8. The van der Waals surface area contributed by atoms with Gasteiger partial charge in [-0.05, 0) is 12.0 Å². The maximum atomic E-state index is 11.8. The predicted molar refractivity (Wildman–Crippen MR) is 69.1 cm³/mol. The van der Waals surface area contributed by atoms with Crippen molar-refractivity contribution in [1.29, 1.82) is 0 Å². The van der Waals surface area contributed by atoms with Crippen LogP contribution in [0.4, 0.5) is 10.5 Å². The first-order valence-corrected chi connectivity index (χ1v) is 5.91. The second-order valence-corrected chi connectivity index (χ2v) is 4.59. The lowest BCUT2D eigenvalue weighted by atomic mass is 10.0. The van der Waals surface area contributed by atoms with Crippen LogP contribution in [-0.2, 0) is 0 Å². The lowest BCUT2D eigenvalue weighted by Crippen LogP contribution is -2.50. The molecule has 0 aromatic carbocycles. The number of hydrogen-bond donors (Lipinski definition) is 2. The summed E-state index contributed by atoms with van der Waals surface area (Å²) < 4.78 is 4.93. The number of ether oxygens (including phenoxy) is 1. The van der Waals surface area contributed by atoms with Crippen LogP contribution in [-0.4, -0.2) is 42.0 Å². The van der Waals surface area contributed by atoms with E-state index >= 15 is 0 Å². The second kappa shape index (κ2) is 5.13. The molecule has 7 nitrogen and oxygen atoms in total. The van der Waals surface area contributed by atoms with Crippen molar-refractivity contribution in [3.05, 3.63) is 17.8 Å². The highest BCUT2D eigenvalue weighted by atomic mass is 16.5. The number of hydrogen-bond acceptors (Lipinski definition) is 4. The third kappa shape index (κ3) is 2.75. The molecule has 0 bridgehead atoms. The molecule has 0 aliphatic carbocycles. The zero-order valence-corrected chi connectivity index (χ0v) is 10.8. The standard InChI is InChI=1S/C12H16N4O3/c1-7-5-16(6-7)12(18)15-8-3-9(10(13)17)11(19-2)14-4-8/h3-4,7H,5-6H2,1-2H3,(H2,13,17)(H,15,18). The Kier molecular flexibility index (Phi) is 3.55. The quantitative estimate of drug-likeness (QED) is 0.838. The van der Waals surface area contributed by atoms with Crippen LogP contribution in [0.5, 0.6) is 5.88 Å². The average Bonchev–Trinajstić information content (AvgIpc) is 2.34. The summed E-state index contributed by atoms with van der Waals surface area (Å²) in [7, 11) is 1.40.